The molecule has 186 valence electrons. The van der Waals surface area contributed by atoms with E-state index in [-0.39, 0.29) is 32.2 Å². The number of nitrogens with one attached hydrogen (secondary N) is 2. The smallest absolute Gasteiger partial charge is 0.417 e. The molecule has 0 spiro atoms. The van der Waals surface area contributed by atoms with Crippen molar-refractivity contribution >= 4 is 73.9 Å². The number of carbonyl (C=O) groups excluding carboxylic acids is 1. The molecule has 0 heterocycles. The molecule has 0 aliphatic carbocycles. The highest BCUT2D eigenvalue weighted by atomic mass is 35.5. The third-order valence-electron chi connectivity index (χ3n) is 4.20. The third-order valence-corrected chi connectivity index (χ3v) is 6.37. The van der Waals surface area contributed by atoms with Gasteiger partial charge in [-0.05, 0) is 42.5 Å². The summed E-state index contributed by atoms with van der Waals surface area (Å²) in [6, 6.07) is 7.50. The summed E-state index contributed by atoms with van der Waals surface area (Å²) in [6.07, 6.45) is -4.75. The van der Waals surface area contributed by atoms with Crippen molar-refractivity contribution in [3.05, 3.63) is 74.2 Å². The van der Waals surface area contributed by atoms with Gasteiger partial charge in [-0.2, -0.15) is 21.6 Å². The minimum Gasteiger partial charge on any atom is -0.454 e. The molecule has 0 atom stereocenters. The van der Waals surface area contributed by atoms with Crippen molar-refractivity contribution in [1.29, 1.82) is 0 Å². The van der Waals surface area contributed by atoms with E-state index in [0.29, 0.717) is 6.07 Å². The number of halogens is 7. The number of carbonyl (C=O) groups is 1. The fourth-order valence-corrected chi connectivity index (χ4v) is 4.10. The standard InChI is InChI=1S/C20H11Cl4F3N2O5S/c21-9-1-4-16(34-17-7-13(23)14(24)8-18(17)35(31,32)33)15(5-9)29-19(30)28-10-2-3-12(22)11(6-10)20(25,26)27/h1-8H,(H2,28,29,30)(H,31,32,33). The number of hydrogen-bond acceptors (Lipinski definition) is 4. The van der Waals surface area contributed by atoms with Gasteiger partial charge in [0, 0.05) is 16.8 Å². The Morgan fingerprint density at radius 1 is 0.857 bits per heavy atom. The molecule has 0 saturated carbocycles. The monoisotopic (exact) mass is 588 g/mol. The zero-order chi connectivity index (χ0) is 26.1. The summed E-state index contributed by atoms with van der Waals surface area (Å²) in [6.45, 7) is 0. The topological polar surface area (TPSA) is 105 Å². The molecule has 7 nitrogen and oxygen atoms in total. The number of anilines is 2. The molecule has 0 aromatic heterocycles. The lowest BCUT2D eigenvalue weighted by atomic mass is 10.2. The van der Waals surface area contributed by atoms with E-state index in [1.807, 2.05) is 0 Å². The van der Waals surface area contributed by atoms with Crippen LogP contribution in [-0.4, -0.2) is 19.0 Å². The van der Waals surface area contributed by atoms with Crippen molar-refractivity contribution in [3.8, 4) is 11.5 Å². The molecule has 3 N–H and O–H groups in total. The van der Waals surface area contributed by atoms with E-state index in [2.05, 4.69) is 10.6 Å². The number of urea groups is 1. The van der Waals surface area contributed by atoms with Crippen LogP contribution in [0.5, 0.6) is 11.5 Å². The molecule has 15 heteroatoms. The Morgan fingerprint density at radius 3 is 2.14 bits per heavy atom. The first kappa shape index (κ1) is 27.2. The summed E-state index contributed by atoms with van der Waals surface area (Å²) in [5.41, 5.74) is -1.48. The van der Waals surface area contributed by atoms with E-state index in [4.69, 9.17) is 51.1 Å². The van der Waals surface area contributed by atoms with Gasteiger partial charge in [-0.1, -0.05) is 46.4 Å². The van der Waals surface area contributed by atoms with Crippen LogP contribution in [0.25, 0.3) is 0 Å². The molecule has 0 aliphatic heterocycles. The maximum Gasteiger partial charge on any atom is 0.417 e. The highest BCUT2D eigenvalue weighted by Crippen LogP contribution is 2.39. The van der Waals surface area contributed by atoms with Crippen molar-refractivity contribution in [2.45, 2.75) is 11.1 Å². The maximum atomic E-state index is 13.1. The fraction of sp³-hybridized carbons (Fsp3) is 0.0500. The lowest BCUT2D eigenvalue weighted by molar-refractivity contribution is -0.137. The summed E-state index contributed by atoms with van der Waals surface area (Å²) in [5, 5.41) is 3.84. The average Bonchev–Trinajstić information content (AvgIpc) is 2.72. The van der Waals surface area contributed by atoms with Gasteiger partial charge in [0.2, 0.25) is 0 Å². The fourth-order valence-electron chi connectivity index (χ4n) is 2.70. The minimum atomic E-state index is -4.79. The Balaban J connectivity index is 1.91. The maximum absolute atomic E-state index is 13.1. The average molecular weight is 590 g/mol. The van der Waals surface area contributed by atoms with Crippen molar-refractivity contribution < 1.29 is 35.7 Å². The lowest BCUT2D eigenvalue weighted by Crippen LogP contribution is -2.20. The van der Waals surface area contributed by atoms with Crippen molar-refractivity contribution in [1.82, 2.24) is 0 Å². The Bertz CT molecular complexity index is 1420. The molecule has 2 amide bonds. The molecule has 0 saturated heterocycles. The van der Waals surface area contributed by atoms with E-state index in [9.17, 15) is 30.9 Å². The van der Waals surface area contributed by atoms with Gasteiger partial charge in [-0.15, -0.1) is 0 Å². The van der Waals surface area contributed by atoms with Gasteiger partial charge in [-0.3, -0.25) is 4.55 Å². The first-order valence-electron chi connectivity index (χ1n) is 9.04. The van der Waals surface area contributed by atoms with Crippen LogP contribution in [0.1, 0.15) is 5.56 Å². The van der Waals surface area contributed by atoms with Crippen LogP contribution in [0.2, 0.25) is 20.1 Å². The molecule has 0 unspecified atom stereocenters. The second-order valence-corrected chi connectivity index (χ2v) is 9.75. The van der Waals surface area contributed by atoms with Gasteiger partial charge in [0.05, 0.1) is 26.3 Å². The lowest BCUT2D eigenvalue weighted by Gasteiger charge is -2.16. The zero-order valence-corrected chi connectivity index (χ0v) is 20.6. The van der Waals surface area contributed by atoms with Crippen molar-refractivity contribution in [2.75, 3.05) is 10.6 Å². The number of ether oxygens (including phenoxy) is 1. The Kier molecular flexibility index (Phi) is 7.99. The number of rotatable bonds is 5. The Labute approximate surface area is 216 Å². The summed E-state index contributed by atoms with van der Waals surface area (Å²) in [7, 11) is -4.79. The van der Waals surface area contributed by atoms with Crippen LogP contribution in [-0.2, 0) is 16.3 Å². The first-order chi connectivity index (χ1) is 16.1. The van der Waals surface area contributed by atoms with E-state index in [0.717, 1.165) is 24.3 Å². The number of benzene rings is 3. The van der Waals surface area contributed by atoms with Crippen molar-refractivity contribution in [3.63, 3.8) is 0 Å². The van der Waals surface area contributed by atoms with E-state index in [1.165, 1.54) is 18.2 Å². The normalized spacial score (nSPS) is 11.8. The van der Waals surface area contributed by atoms with Gasteiger partial charge in [0.15, 0.2) is 5.75 Å². The van der Waals surface area contributed by atoms with E-state index in [1.54, 1.807) is 0 Å². The Morgan fingerprint density at radius 2 is 1.51 bits per heavy atom. The van der Waals surface area contributed by atoms with Crippen LogP contribution >= 0.6 is 46.4 Å². The predicted octanol–water partition coefficient (Wildman–Crippen LogP) is 8.00. The van der Waals surface area contributed by atoms with E-state index >= 15 is 0 Å². The molecule has 0 bridgehead atoms. The van der Waals surface area contributed by atoms with Gasteiger partial charge in [-0.25, -0.2) is 4.79 Å². The summed E-state index contributed by atoms with van der Waals surface area (Å²) >= 11 is 23.3. The van der Waals surface area contributed by atoms with Gasteiger partial charge in [0.1, 0.15) is 10.6 Å². The quantitative estimate of drug-likeness (QED) is 0.261. The second-order valence-electron chi connectivity index (χ2n) is 6.70. The molecule has 3 aromatic carbocycles. The van der Waals surface area contributed by atoms with Crippen LogP contribution in [0.4, 0.5) is 29.3 Å². The molecule has 0 aliphatic rings. The predicted molar refractivity (Wildman–Crippen MR) is 127 cm³/mol. The van der Waals surface area contributed by atoms with Gasteiger partial charge < -0.3 is 15.4 Å². The Hall–Kier alpha value is -2.41. The highest BCUT2D eigenvalue weighted by molar-refractivity contribution is 7.86. The van der Waals surface area contributed by atoms with Crippen molar-refractivity contribution in [2.24, 2.45) is 0 Å². The van der Waals surface area contributed by atoms with Crippen LogP contribution in [0, 0.1) is 0 Å². The summed E-state index contributed by atoms with van der Waals surface area (Å²) in [4.78, 5) is 11.7. The van der Waals surface area contributed by atoms with Crippen LogP contribution in [0.15, 0.2) is 53.4 Å². The number of hydrogen-bond donors (Lipinski definition) is 3. The van der Waals surface area contributed by atoms with Crippen LogP contribution < -0.4 is 15.4 Å². The molecule has 0 fully saturated rings. The molecular formula is C20H11Cl4F3N2O5S. The second kappa shape index (κ2) is 10.3. The molecular weight excluding hydrogens is 579 g/mol. The molecule has 35 heavy (non-hydrogen) atoms. The van der Waals surface area contributed by atoms with Gasteiger partial charge >= 0.3 is 12.2 Å². The third kappa shape index (κ3) is 6.84. The highest BCUT2D eigenvalue weighted by Gasteiger charge is 2.33. The SMILES string of the molecule is O=C(Nc1ccc(Cl)c(C(F)(F)F)c1)Nc1cc(Cl)ccc1Oc1cc(Cl)c(Cl)cc1S(=O)(=O)O. The first-order valence-corrected chi connectivity index (χ1v) is 12.0. The number of amides is 2. The molecule has 3 aromatic rings. The minimum absolute atomic E-state index is 0.0986. The molecule has 3 rings (SSSR count). The number of alkyl halides is 3. The van der Waals surface area contributed by atoms with Crippen LogP contribution in [0.3, 0.4) is 0 Å². The van der Waals surface area contributed by atoms with Gasteiger partial charge in [0.25, 0.3) is 10.1 Å². The largest absolute Gasteiger partial charge is 0.454 e. The van der Waals surface area contributed by atoms with E-state index < -0.39 is 43.6 Å². The summed E-state index contributed by atoms with van der Waals surface area (Å²) < 4.78 is 77.7. The molecule has 0 radical (unpaired) electrons. The zero-order valence-electron chi connectivity index (χ0n) is 16.8. The summed E-state index contributed by atoms with van der Waals surface area (Å²) in [5.74, 6) is -0.583.